The largest absolute Gasteiger partial charge is 0.367 e. The van der Waals surface area contributed by atoms with E-state index < -0.39 is 0 Å². The van der Waals surface area contributed by atoms with Gasteiger partial charge in [0.2, 0.25) is 5.91 Å². The molecule has 3 rings (SSSR count). The van der Waals surface area contributed by atoms with Crippen LogP contribution in [0.3, 0.4) is 0 Å². The highest BCUT2D eigenvalue weighted by molar-refractivity contribution is 14.0. The number of guanidine groups is 1. The number of benzene rings is 2. The molecule has 0 saturated heterocycles. The van der Waals surface area contributed by atoms with Gasteiger partial charge in [-0.25, -0.2) is 0 Å². The molecule has 1 heterocycles. The van der Waals surface area contributed by atoms with Gasteiger partial charge in [0, 0.05) is 37.9 Å². The highest BCUT2D eigenvalue weighted by Gasteiger charge is 2.18. The molecule has 1 amide bonds. The van der Waals surface area contributed by atoms with Crippen LogP contribution in [0.15, 0.2) is 53.5 Å². The Morgan fingerprint density at radius 2 is 1.71 bits per heavy atom. The Morgan fingerprint density at radius 1 is 1.03 bits per heavy atom. The minimum Gasteiger partial charge on any atom is -0.367 e. The summed E-state index contributed by atoms with van der Waals surface area (Å²) >= 11 is 0. The summed E-state index contributed by atoms with van der Waals surface area (Å²) in [6.45, 7) is 8.73. The normalized spacial score (nSPS) is 13.3. The van der Waals surface area contributed by atoms with Crippen LogP contribution in [-0.2, 0) is 24.3 Å². The van der Waals surface area contributed by atoms with Crippen LogP contribution in [-0.4, -0.2) is 37.5 Å². The van der Waals surface area contributed by atoms with Gasteiger partial charge < -0.3 is 20.9 Å². The van der Waals surface area contributed by atoms with Crippen molar-refractivity contribution in [3.63, 3.8) is 0 Å². The summed E-state index contributed by atoms with van der Waals surface area (Å²) in [6.07, 6.45) is 1.12. The van der Waals surface area contributed by atoms with Crippen molar-refractivity contribution in [2.75, 3.05) is 25.0 Å². The van der Waals surface area contributed by atoms with Gasteiger partial charge in [0.25, 0.3) is 0 Å². The second-order valence-electron chi connectivity index (χ2n) is 8.69. The van der Waals surface area contributed by atoms with E-state index in [1.54, 1.807) is 7.05 Å². The lowest BCUT2D eigenvalue weighted by molar-refractivity contribution is -0.121. The van der Waals surface area contributed by atoms with Crippen molar-refractivity contribution in [1.29, 1.82) is 0 Å². The molecule has 0 aromatic heterocycles. The number of fused-ring (bicyclic) bond motifs is 1. The Morgan fingerprint density at radius 3 is 2.39 bits per heavy atom. The van der Waals surface area contributed by atoms with Gasteiger partial charge >= 0.3 is 0 Å². The smallest absolute Gasteiger partial charge is 0.239 e. The zero-order valence-corrected chi connectivity index (χ0v) is 21.2. The first kappa shape index (κ1) is 25.0. The third-order valence-electron chi connectivity index (χ3n) is 4.99. The Balaban J connectivity index is 0.00000341. The summed E-state index contributed by atoms with van der Waals surface area (Å²) in [5, 5.41) is 9.24. The van der Waals surface area contributed by atoms with Crippen molar-refractivity contribution in [1.82, 2.24) is 16.0 Å². The number of carbonyl (C=O) groups is 1. The van der Waals surface area contributed by atoms with Crippen molar-refractivity contribution < 1.29 is 4.79 Å². The standard InChI is InChI=1S/C24H33N5O.HI/c1-24(2,3)28-22(30)16-27-23(25-4)26-15-18-9-11-19(12-10-18)17-29-14-13-20-7-5-6-8-21(20)29;/h5-12H,13-17H2,1-4H3,(H,28,30)(H2,25,26,27);1H. The number of amides is 1. The molecule has 0 spiro atoms. The number of carbonyl (C=O) groups excluding carboxylic acids is 1. The third-order valence-corrected chi connectivity index (χ3v) is 4.99. The molecular formula is C24H34IN5O. The number of anilines is 1. The number of hydrogen-bond acceptors (Lipinski definition) is 3. The number of rotatable bonds is 6. The lowest BCUT2D eigenvalue weighted by Crippen LogP contribution is -2.48. The lowest BCUT2D eigenvalue weighted by atomic mass is 10.1. The molecule has 7 heteroatoms. The molecule has 0 atom stereocenters. The number of aliphatic imine (C=N–C) groups is 1. The summed E-state index contributed by atoms with van der Waals surface area (Å²) in [4.78, 5) is 18.6. The molecule has 0 aliphatic carbocycles. The molecule has 168 valence electrons. The van der Waals surface area contributed by atoms with E-state index in [1.807, 2.05) is 20.8 Å². The van der Waals surface area contributed by atoms with Crippen LogP contribution in [0.25, 0.3) is 0 Å². The zero-order chi connectivity index (χ0) is 21.6. The average Bonchev–Trinajstić information content (AvgIpc) is 3.11. The number of hydrogen-bond donors (Lipinski definition) is 3. The van der Waals surface area contributed by atoms with E-state index in [1.165, 1.54) is 22.4 Å². The topological polar surface area (TPSA) is 68.8 Å². The summed E-state index contributed by atoms with van der Waals surface area (Å²) in [6, 6.07) is 17.3. The highest BCUT2D eigenvalue weighted by atomic mass is 127. The van der Waals surface area contributed by atoms with Crippen LogP contribution in [0, 0.1) is 0 Å². The molecule has 0 bridgehead atoms. The van der Waals surface area contributed by atoms with Crippen LogP contribution < -0.4 is 20.9 Å². The maximum atomic E-state index is 11.9. The monoisotopic (exact) mass is 535 g/mol. The quantitative estimate of drug-likeness (QED) is 0.301. The summed E-state index contributed by atoms with van der Waals surface area (Å²) in [5.74, 6) is 0.551. The first-order chi connectivity index (χ1) is 14.3. The van der Waals surface area contributed by atoms with Crippen LogP contribution in [0.5, 0.6) is 0 Å². The molecule has 31 heavy (non-hydrogen) atoms. The fourth-order valence-corrected chi connectivity index (χ4v) is 3.59. The first-order valence-corrected chi connectivity index (χ1v) is 10.5. The molecule has 0 fully saturated rings. The molecule has 0 radical (unpaired) electrons. The predicted octanol–water partition coefficient (Wildman–Crippen LogP) is 3.45. The van der Waals surface area contributed by atoms with Gasteiger partial charge in [-0.05, 0) is 49.9 Å². The van der Waals surface area contributed by atoms with Crippen molar-refractivity contribution in [2.45, 2.75) is 45.8 Å². The lowest BCUT2D eigenvalue weighted by Gasteiger charge is -2.21. The van der Waals surface area contributed by atoms with Crippen LogP contribution in [0.4, 0.5) is 5.69 Å². The number of para-hydroxylation sites is 1. The van der Waals surface area contributed by atoms with Crippen molar-refractivity contribution >= 4 is 41.5 Å². The van der Waals surface area contributed by atoms with Gasteiger partial charge in [0.05, 0.1) is 6.54 Å². The van der Waals surface area contributed by atoms with E-state index in [2.05, 4.69) is 74.4 Å². The van der Waals surface area contributed by atoms with Crippen molar-refractivity contribution in [3.05, 3.63) is 65.2 Å². The Kier molecular flexibility index (Phi) is 9.15. The summed E-state index contributed by atoms with van der Waals surface area (Å²) in [5.41, 5.74) is 5.02. The maximum Gasteiger partial charge on any atom is 0.239 e. The number of nitrogens with zero attached hydrogens (tertiary/aromatic N) is 2. The van der Waals surface area contributed by atoms with Crippen LogP contribution in [0.2, 0.25) is 0 Å². The molecule has 2 aromatic rings. The first-order valence-electron chi connectivity index (χ1n) is 10.5. The SMILES string of the molecule is CN=C(NCC(=O)NC(C)(C)C)NCc1ccc(CN2CCc3ccccc32)cc1.I. The Bertz CT molecular complexity index is 890. The van der Waals surface area contributed by atoms with Crippen LogP contribution in [0.1, 0.15) is 37.5 Å². The van der Waals surface area contributed by atoms with Gasteiger partial charge in [-0.3, -0.25) is 9.79 Å². The predicted molar refractivity (Wildman–Crippen MR) is 139 cm³/mol. The molecule has 6 nitrogen and oxygen atoms in total. The molecule has 0 saturated carbocycles. The summed E-state index contributed by atoms with van der Waals surface area (Å²) in [7, 11) is 1.70. The molecule has 3 N–H and O–H groups in total. The average molecular weight is 535 g/mol. The van der Waals surface area contributed by atoms with Gasteiger partial charge in [0.1, 0.15) is 0 Å². The van der Waals surface area contributed by atoms with Gasteiger partial charge in [-0.1, -0.05) is 42.5 Å². The fraction of sp³-hybridized carbons (Fsp3) is 0.417. The van der Waals surface area contributed by atoms with E-state index in [4.69, 9.17) is 0 Å². The molecule has 0 unspecified atom stereocenters. The van der Waals surface area contributed by atoms with E-state index in [0.29, 0.717) is 12.5 Å². The minimum absolute atomic E-state index is 0. The molecular weight excluding hydrogens is 501 g/mol. The number of nitrogens with one attached hydrogen (secondary N) is 3. The Hall–Kier alpha value is -2.29. The maximum absolute atomic E-state index is 11.9. The molecule has 1 aliphatic heterocycles. The van der Waals surface area contributed by atoms with E-state index >= 15 is 0 Å². The Labute approximate surface area is 202 Å². The molecule has 2 aromatic carbocycles. The van der Waals surface area contributed by atoms with E-state index in [9.17, 15) is 4.79 Å². The third kappa shape index (κ3) is 7.72. The minimum atomic E-state index is -0.241. The number of halogens is 1. The van der Waals surface area contributed by atoms with Crippen molar-refractivity contribution in [3.8, 4) is 0 Å². The second kappa shape index (κ2) is 11.4. The zero-order valence-electron chi connectivity index (χ0n) is 18.9. The summed E-state index contributed by atoms with van der Waals surface area (Å²) < 4.78 is 0. The second-order valence-corrected chi connectivity index (χ2v) is 8.69. The van der Waals surface area contributed by atoms with E-state index in [-0.39, 0.29) is 42.0 Å². The fourth-order valence-electron chi connectivity index (χ4n) is 3.59. The van der Waals surface area contributed by atoms with E-state index in [0.717, 1.165) is 19.5 Å². The van der Waals surface area contributed by atoms with Gasteiger partial charge in [-0.2, -0.15) is 0 Å². The van der Waals surface area contributed by atoms with Crippen molar-refractivity contribution in [2.24, 2.45) is 4.99 Å². The van der Waals surface area contributed by atoms with Gasteiger partial charge in [0.15, 0.2) is 5.96 Å². The highest BCUT2D eigenvalue weighted by Crippen LogP contribution is 2.28. The van der Waals surface area contributed by atoms with Crippen LogP contribution >= 0.6 is 24.0 Å². The molecule has 1 aliphatic rings. The van der Waals surface area contributed by atoms with Gasteiger partial charge in [-0.15, -0.1) is 24.0 Å².